The first kappa shape index (κ1) is 16.5. The zero-order valence-corrected chi connectivity index (χ0v) is 14.2. The van der Waals surface area contributed by atoms with Crippen molar-refractivity contribution in [3.05, 3.63) is 47.0 Å². The minimum absolute atomic E-state index is 0.242. The molecule has 1 atom stereocenters. The van der Waals surface area contributed by atoms with Crippen molar-refractivity contribution in [3.8, 4) is 0 Å². The SMILES string of the molecule is CCC1(CC)CNC(c2ccccc2)CN1C/C(C)=C/Cl. The lowest BCUT2D eigenvalue weighted by molar-refractivity contribution is 0.0397. The van der Waals surface area contributed by atoms with Crippen LogP contribution < -0.4 is 5.32 Å². The number of hydrogen-bond acceptors (Lipinski definition) is 2. The number of benzene rings is 1. The van der Waals surface area contributed by atoms with Gasteiger partial charge in [0, 0.05) is 36.8 Å². The van der Waals surface area contributed by atoms with Crippen LogP contribution in [0.2, 0.25) is 0 Å². The lowest BCUT2D eigenvalue weighted by Crippen LogP contribution is -2.61. The van der Waals surface area contributed by atoms with E-state index in [1.54, 1.807) is 5.54 Å². The quantitative estimate of drug-likeness (QED) is 0.871. The maximum absolute atomic E-state index is 5.90. The number of hydrogen-bond donors (Lipinski definition) is 1. The Bertz CT molecular complexity index is 465. The molecule has 0 spiro atoms. The van der Waals surface area contributed by atoms with Crippen LogP contribution in [-0.2, 0) is 0 Å². The van der Waals surface area contributed by atoms with Gasteiger partial charge in [-0.2, -0.15) is 0 Å². The summed E-state index contributed by atoms with van der Waals surface area (Å²) in [5.74, 6) is 0. The maximum Gasteiger partial charge on any atom is 0.0450 e. The van der Waals surface area contributed by atoms with Crippen LogP contribution in [0, 0.1) is 0 Å². The Balaban J connectivity index is 2.20. The van der Waals surface area contributed by atoms with Gasteiger partial charge in [-0.15, -0.1) is 0 Å². The summed E-state index contributed by atoms with van der Waals surface area (Å²) in [7, 11) is 0. The van der Waals surface area contributed by atoms with Crippen LogP contribution in [0.25, 0.3) is 0 Å². The third-order valence-electron chi connectivity index (χ3n) is 4.90. The van der Waals surface area contributed by atoms with E-state index in [0.29, 0.717) is 6.04 Å². The van der Waals surface area contributed by atoms with Gasteiger partial charge in [0.25, 0.3) is 0 Å². The van der Waals surface area contributed by atoms with E-state index in [0.717, 1.165) is 32.5 Å². The molecule has 1 aliphatic heterocycles. The van der Waals surface area contributed by atoms with E-state index in [-0.39, 0.29) is 5.54 Å². The molecule has 1 unspecified atom stereocenters. The highest BCUT2D eigenvalue weighted by atomic mass is 35.5. The molecule has 2 nitrogen and oxygen atoms in total. The average molecular weight is 307 g/mol. The van der Waals surface area contributed by atoms with E-state index in [1.807, 2.05) is 0 Å². The molecule has 21 heavy (non-hydrogen) atoms. The first-order valence-corrected chi connectivity index (χ1v) is 8.38. The first-order chi connectivity index (χ1) is 10.1. The van der Waals surface area contributed by atoms with Crippen molar-refractivity contribution >= 4 is 11.6 Å². The molecule has 0 radical (unpaired) electrons. The Labute approximate surface area is 134 Å². The van der Waals surface area contributed by atoms with Gasteiger partial charge in [0.15, 0.2) is 0 Å². The largest absolute Gasteiger partial charge is 0.307 e. The molecule has 1 N–H and O–H groups in total. The van der Waals surface area contributed by atoms with Crippen LogP contribution >= 0.6 is 11.6 Å². The van der Waals surface area contributed by atoms with Crippen LogP contribution in [0.3, 0.4) is 0 Å². The fraction of sp³-hybridized carbons (Fsp3) is 0.556. The minimum atomic E-state index is 0.242. The van der Waals surface area contributed by atoms with E-state index in [2.05, 4.69) is 61.3 Å². The Morgan fingerprint density at radius 3 is 2.57 bits per heavy atom. The smallest absolute Gasteiger partial charge is 0.0450 e. The molecule has 2 rings (SSSR count). The predicted molar refractivity (Wildman–Crippen MR) is 91.7 cm³/mol. The van der Waals surface area contributed by atoms with Gasteiger partial charge in [-0.05, 0) is 30.9 Å². The van der Waals surface area contributed by atoms with E-state index in [9.17, 15) is 0 Å². The van der Waals surface area contributed by atoms with Crippen molar-refractivity contribution < 1.29 is 0 Å². The van der Waals surface area contributed by atoms with E-state index in [1.165, 1.54) is 11.1 Å². The molecule has 1 aromatic carbocycles. The molecular formula is C18H27ClN2. The summed E-state index contributed by atoms with van der Waals surface area (Å²) in [6.45, 7) is 9.73. The fourth-order valence-corrected chi connectivity index (χ4v) is 3.40. The van der Waals surface area contributed by atoms with Crippen molar-refractivity contribution in [1.82, 2.24) is 10.2 Å². The molecule has 1 saturated heterocycles. The molecule has 3 heteroatoms. The number of halogens is 1. The summed E-state index contributed by atoms with van der Waals surface area (Å²) in [5.41, 5.74) is 4.56. The number of nitrogens with one attached hydrogen (secondary N) is 1. The fourth-order valence-electron chi connectivity index (χ4n) is 3.33. The average Bonchev–Trinajstić information content (AvgIpc) is 2.55. The Hall–Kier alpha value is -0.830. The number of piperazine rings is 1. The molecule has 1 heterocycles. The van der Waals surface area contributed by atoms with Gasteiger partial charge in [-0.1, -0.05) is 55.8 Å². The Morgan fingerprint density at radius 1 is 1.33 bits per heavy atom. The molecule has 0 amide bonds. The Morgan fingerprint density at radius 2 is 2.00 bits per heavy atom. The van der Waals surface area contributed by atoms with Crippen molar-refractivity contribution in [2.45, 2.75) is 45.2 Å². The van der Waals surface area contributed by atoms with Gasteiger partial charge in [0.1, 0.15) is 0 Å². The summed E-state index contributed by atoms with van der Waals surface area (Å²) in [5, 5.41) is 3.76. The molecule has 1 aliphatic rings. The molecule has 0 aliphatic carbocycles. The highest BCUT2D eigenvalue weighted by Gasteiger charge is 2.38. The molecule has 0 saturated carbocycles. The summed E-state index contributed by atoms with van der Waals surface area (Å²) < 4.78 is 0. The van der Waals surface area contributed by atoms with Gasteiger partial charge in [0.05, 0.1) is 0 Å². The van der Waals surface area contributed by atoms with Crippen LogP contribution in [0.15, 0.2) is 41.4 Å². The van der Waals surface area contributed by atoms with Gasteiger partial charge in [-0.25, -0.2) is 0 Å². The highest BCUT2D eigenvalue weighted by Crippen LogP contribution is 2.31. The summed E-state index contributed by atoms with van der Waals surface area (Å²) in [4.78, 5) is 2.62. The highest BCUT2D eigenvalue weighted by molar-refractivity contribution is 6.25. The number of nitrogens with zero attached hydrogens (tertiary/aromatic N) is 1. The van der Waals surface area contributed by atoms with Crippen molar-refractivity contribution in [2.75, 3.05) is 19.6 Å². The molecule has 1 aromatic rings. The van der Waals surface area contributed by atoms with E-state index < -0.39 is 0 Å². The van der Waals surface area contributed by atoms with Gasteiger partial charge >= 0.3 is 0 Å². The van der Waals surface area contributed by atoms with Crippen molar-refractivity contribution in [2.24, 2.45) is 0 Å². The second-order valence-corrected chi connectivity index (χ2v) is 6.33. The van der Waals surface area contributed by atoms with Gasteiger partial charge in [0.2, 0.25) is 0 Å². The summed E-state index contributed by atoms with van der Waals surface area (Å²) in [6.07, 6.45) is 2.32. The second kappa shape index (κ2) is 7.44. The maximum atomic E-state index is 5.90. The molecule has 1 fully saturated rings. The lowest BCUT2D eigenvalue weighted by atomic mass is 9.85. The third-order valence-corrected chi connectivity index (χ3v) is 5.27. The third kappa shape index (κ3) is 3.68. The first-order valence-electron chi connectivity index (χ1n) is 7.94. The zero-order valence-electron chi connectivity index (χ0n) is 13.4. The topological polar surface area (TPSA) is 15.3 Å². The molecular weight excluding hydrogens is 280 g/mol. The van der Waals surface area contributed by atoms with Crippen LogP contribution in [0.5, 0.6) is 0 Å². The van der Waals surface area contributed by atoms with Crippen LogP contribution in [0.1, 0.15) is 45.2 Å². The zero-order chi connectivity index (χ0) is 15.3. The minimum Gasteiger partial charge on any atom is -0.307 e. The van der Waals surface area contributed by atoms with Crippen LogP contribution in [0.4, 0.5) is 0 Å². The lowest BCUT2D eigenvalue weighted by Gasteiger charge is -2.50. The summed E-state index contributed by atoms with van der Waals surface area (Å²) >= 11 is 5.90. The predicted octanol–water partition coefficient (Wildman–Crippen LogP) is 4.33. The molecule has 0 bridgehead atoms. The van der Waals surface area contributed by atoms with Crippen molar-refractivity contribution in [3.63, 3.8) is 0 Å². The monoisotopic (exact) mass is 306 g/mol. The van der Waals surface area contributed by atoms with Crippen molar-refractivity contribution in [1.29, 1.82) is 0 Å². The summed E-state index contributed by atoms with van der Waals surface area (Å²) in [6, 6.07) is 11.1. The second-order valence-electron chi connectivity index (χ2n) is 6.11. The van der Waals surface area contributed by atoms with Crippen LogP contribution in [-0.4, -0.2) is 30.1 Å². The van der Waals surface area contributed by atoms with Gasteiger partial charge < -0.3 is 5.32 Å². The normalized spacial score (nSPS) is 23.2. The van der Waals surface area contributed by atoms with Gasteiger partial charge in [-0.3, -0.25) is 4.90 Å². The molecule has 0 aromatic heterocycles. The number of rotatable bonds is 5. The molecule has 116 valence electrons. The standard InChI is InChI=1S/C18H27ClN2/c1-4-18(5-2)14-20-17(16-9-7-6-8-10-16)13-21(18)12-15(3)11-19/h6-11,17,20H,4-5,12-14H2,1-3H3/b15-11+. The van der Waals surface area contributed by atoms with E-state index >= 15 is 0 Å². The van der Waals surface area contributed by atoms with E-state index in [4.69, 9.17) is 11.6 Å². The Kier molecular flexibility index (Phi) is 5.86.